The second kappa shape index (κ2) is 10.5. The molecule has 2 aliphatic rings. The van der Waals surface area contributed by atoms with E-state index in [-0.39, 0.29) is 30.2 Å². The van der Waals surface area contributed by atoms with Crippen molar-refractivity contribution in [3.05, 3.63) is 56.5 Å². The molecule has 0 aliphatic carbocycles. The summed E-state index contributed by atoms with van der Waals surface area (Å²) in [5.74, 6) is -0.467. The molecule has 2 aromatic rings. The zero-order chi connectivity index (χ0) is 24.4. The Bertz CT molecular complexity index is 1090. The Morgan fingerprint density at radius 3 is 2.41 bits per heavy atom. The molecular weight excluding hydrogens is 566 g/mol. The number of anilines is 2. The Morgan fingerprint density at radius 2 is 1.74 bits per heavy atom. The molecule has 2 aliphatic heterocycles. The number of urea groups is 1. The molecule has 8 nitrogen and oxygen atoms in total. The van der Waals surface area contributed by atoms with E-state index in [9.17, 15) is 14.4 Å². The summed E-state index contributed by atoms with van der Waals surface area (Å²) in [6.07, 6.45) is 2.05. The fourth-order valence-electron chi connectivity index (χ4n) is 4.52. The van der Waals surface area contributed by atoms with Crippen LogP contribution in [0.5, 0.6) is 0 Å². The van der Waals surface area contributed by atoms with Crippen LogP contribution in [-0.2, 0) is 11.2 Å². The first-order valence-electron chi connectivity index (χ1n) is 11.2. The number of rotatable bonds is 5. The number of hydrogen-bond acceptors (Lipinski definition) is 5. The predicted octanol–water partition coefficient (Wildman–Crippen LogP) is 3.78. The molecule has 0 bridgehead atoms. The molecule has 1 saturated heterocycles. The summed E-state index contributed by atoms with van der Waals surface area (Å²) in [6, 6.07) is 10.1. The minimum Gasteiger partial charge on any atom is -0.397 e. The van der Waals surface area contributed by atoms with Gasteiger partial charge in [-0.2, -0.15) is 0 Å². The van der Waals surface area contributed by atoms with E-state index in [1.54, 1.807) is 17.0 Å². The number of para-hydroxylation sites is 1. The molecule has 180 valence electrons. The van der Waals surface area contributed by atoms with Crippen LogP contribution in [0.1, 0.15) is 35.2 Å². The standard InChI is InChI=1S/C24H27Br2N5O3/c25-17-11-15(12-18(26)22(17)28)21(32)13-19(27)23(33)30-8-6-16(7-9-30)31-10-5-14-3-1-2-4-20(14)29-24(31)34/h1-4,11-12,16,19H,5-10,13,27-28H2,(H,29,34). The Balaban J connectivity index is 1.32. The minimum absolute atomic E-state index is 0.0562. The molecular formula is C24H27Br2N5O3. The van der Waals surface area contributed by atoms with Gasteiger partial charge in [0.05, 0.1) is 11.7 Å². The zero-order valence-electron chi connectivity index (χ0n) is 18.6. The highest BCUT2D eigenvalue weighted by molar-refractivity contribution is 9.11. The summed E-state index contributed by atoms with van der Waals surface area (Å²) in [6.45, 7) is 1.64. The van der Waals surface area contributed by atoms with Crippen molar-refractivity contribution in [3.8, 4) is 0 Å². The van der Waals surface area contributed by atoms with E-state index in [0.717, 1.165) is 17.7 Å². The molecule has 1 unspecified atom stereocenters. The fourth-order valence-corrected chi connectivity index (χ4v) is 5.71. The molecule has 0 radical (unpaired) electrons. The van der Waals surface area contributed by atoms with Crippen molar-refractivity contribution in [2.24, 2.45) is 5.73 Å². The van der Waals surface area contributed by atoms with Gasteiger partial charge in [-0.15, -0.1) is 0 Å². The summed E-state index contributed by atoms with van der Waals surface area (Å²) in [5, 5.41) is 3.00. The fraction of sp³-hybridized carbons (Fsp3) is 0.375. The lowest BCUT2D eigenvalue weighted by Gasteiger charge is -2.38. The van der Waals surface area contributed by atoms with Crippen LogP contribution in [0.15, 0.2) is 45.3 Å². The van der Waals surface area contributed by atoms with Crippen LogP contribution < -0.4 is 16.8 Å². The summed E-state index contributed by atoms with van der Waals surface area (Å²) >= 11 is 6.67. The number of ketones is 1. The Kier molecular flexibility index (Phi) is 7.59. The monoisotopic (exact) mass is 591 g/mol. The number of carbonyl (C=O) groups excluding carboxylic acids is 3. The van der Waals surface area contributed by atoms with E-state index < -0.39 is 6.04 Å². The van der Waals surface area contributed by atoms with Gasteiger partial charge < -0.3 is 26.6 Å². The molecule has 1 atom stereocenters. The average molecular weight is 593 g/mol. The molecule has 2 aromatic carbocycles. The number of hydrogen-bond donors (Lipinski definition) is 3. The van der Waals surface area contributed by atoms with Crippen LogP contribution in [0.3, 0.4) is 0 Å². The number of amides is 3. The van der Waals surface area contributed by atoms with Gasteiger partial charge in [0, 0.05) is 52.3 Å². The van der Waals surface area contributed by atoms with Gasteiger partial charge >= 0.3 is 6.03 Å². The number of nitrogens with zero attached hydrogens (tertiary/aromatic N) is 2. The molecule has 0 aromatic heterocycles. The van der Waals surface area contributed by atoms with Crippen molar-refractivity contribution in [3.63, 3.8) is 0 Å². The maximum absolute atomic E-state index is 12.9. The van der Waals surface area contributed by atoms with Gasteiger partial charge in [-0.1, -0.05) is 18.2 Å². The van der Waals surface area contributed by atoms with Gasteiger partial charge in [0.15, 0.2) is 5.78 Å². The van der Waals surface area contributed by atoms with Crippen molar-refractivity contribution < 1.29 is 14.4 Å². The van der Waals surface area contributed by atoms with Crippen LogP contribution in [0.2, 0.25) is 0 Å². The zero-order valence-corrected chi connectivity index (χ0v) is 21.8. The molecule has 2 heterocycles. The third-order valence-corrected chi connectivity index (χ3v) is 7.79. The summed E-state index contributed by atoms with van der Waals surface area (Å²) < 4.78 is 1.21. The molecule has 4 rings (SSSR count). The van der Waals surface area contributed by atoms with Gasteiger partial charge in [-0.3, -0.25) is 9.59 Å². The van der Waals surface area contributed by atoms with Gasteiger partial charge in [0.2, 0.25) is 5.91 Å². The maximum atomic E-state index is 12.9. The van der Waals surface area contributed by atoms with Gasteiger partial charge in [0.1, 0.15) is 0 Å². The lowest BCUT2D eigenvalue weighted by molar-refractivity contribution is -0.134. The van der Waals surface area contributed by atoms with Crippen molar-refractivity contribution in [1.29, 1.82) is 0 Å². The highest BCUT2D eigenvalue weighted by Gasteiger charge is 2.33. The lowest BCUT2D eigenvalue weighted by atomic mass is 9.99. The van der Waals surface area contributed by atoms with Crippen molar-refractivity contribution in [1.82, 2.24) is 9.80 Å². The molecule has 3 amide bonds. The van der Waals surface area contributed by atoms with Gasteiger partial charge in [0.25, 0.3) is 0 Å². The van der Waals surface area contributed by atoms with Crippen molar-refractivity contribution >= 4 is 61.0 Å². The van der Waals surface area contributed by atoms with E-state index in [0.29, 0.717) is 52.7 Å². The first-order chi connectivity index (χ1) is 16.2. The second-order valence-corrected chi connectivity index (χ2v) is 10.4. The molecule has 34 heavy (non-hydrogen) atoms. The molecule has 0 saturated carbocycles. The molecule has 10 heteroatoms. The largest absolute Gasteiger partial charge is 0.397 e. The second-order valence-electron chi connectivity index (χ2n) is 8.67. The number of likely N-dealkylation sites (tertiary alicyclic amines) is 1. The van der Waals surface area contributed by atoms with E-state index in [2.05, 4.69) is 37.2 Å². The first-order valence-corrected chi connectivity index (χ1v) is 12.8. The third-order valence-electron chi connectivity index (χ3n) is 6.48. The topological polar surface area (TPSA) is 122 Å². The number of halogens is 2. The smallest absolute Gasteiger partial charge is 0.322 e. The minimum atomic E-state index is -0.921. The van der Waals surface area contributed by atoms with Crippen molar-refractivity contribution in [2.45, 2.75) is 37.8 Å². The highest BCUT2D eigenvalue weighted by atomic mass is 79.9. The Morgan fingerprint density at radius 1 is 1.09 bits per heavy atom. The Hall–Kier alpha value is -2.43. The number of fused-ring (bicyclic) bond motifs is 1. The summed E-state index contributed by atoms with van der Waals surface area (Å²) in [7, 11) is 0. The SMILES string of the molecule is Nc1c(Br)cc(C(=O)CC(N)C(=O)N2CCC(N3CCc4ccccc4NC3=O)CC2)cc1Br. The number of Topliss-reactive ketones (excluding diaryl/α,β-unsaturated/α-hetero) is 1. The third kappa shape index (κ3) is 5.29. The average Bonchev–Trinajstić information content (AvgIpc) is 2.99. The van der Waals surface area contributed by atoms with Gasteiger partial charge in [-0.05, 0) is 74.9 Å². The number of nitrogens with two attached hydrogens (primary N) is 2. The molecule has 1 fully saturated rings. The van der Waals surface area contributed by atoms with Crippen LogP contribution in [0.4, 0.5) is 16.2 Å². The summed E-state index contributed by atoms with van der Waals surface area (Å²) in [5.41, 5.74) is 14.9. The normalized spacial score (nSPS) is 17.6. The van der Waals surface area contributed by atoms with Crippen LogP contribution in [-0.4, -0.2) is 59.2 Å². The van der Waals surface area contributed by atoms with Crippen LogP contribution >= 0.6 is 31.9 Å². The number of nitrogens with one attached hydrogen (secondary N) is 1. The van der Waals surface area contributed by atoms with Crippen LogP contribution in [0, 0.1) is 0 Å². The van der Waals surface area contributed by atoms with Crippen LogP contribution in [0.25, 0.3) is 0 Å². The number of benzene rings is 2. The number of carbonyl (C=O) groups is 3. The number of nitrogen functional groups attached to an aromatic ring is 1. The molecule has 0 spiro atoms. The molecule has 5 N–H and O–H groups in total. The van der Waals surface area contributed by atoms with Crippen molar-refractivity contribution in [2.75, 3.05) is 30.7 Å². The quantitative estimate of drug-likeness (QED) is 0.360. The predicted molar refractivity (Wildman–Crippen MR) is 139 cm³/mol. The van der Waals surface area contributed by atoms with Gasteiger partial charge in [-0.25, -0.2) is 4.79 Å². The van der Waals surface area contributed by atoms with E-state index in [1.807, 2.05) is 29.2 Å². The Labute approximate surface area is 215 Å². The maximum Gasteiger partial charge on any atom is 0.322 e. The first kappa shape index (κ1) is 24.7. The lowest BCUT2D eigenvalue weighted by Crippen LogP contribution is -2.53. The highest BCUT2D eigenvalue weighted by Crippen LogP contribution is 2.30. The van der Waals surface area contributed by atoms with E-state index in [4.69, 9.17) is 11.5 Å². The van der Waals surface area contributed by atoms with E-state index in [1.165, 1.54) is 0 Å². The summed E-state index contributed by atoms with van der Waals surface area (Å²) in [4.78, 5) is 42.0. The van der Waals surface area contributed by atoms with E-state index >= 15 is 0 Å². The number of piperidine rings is 1.